The van der Waals surface area contributed by atoms with Crippen LogP contribution in [0.3, 0.4) is 0 Å². The fourth-order valence-corrected chi connectivity index (χ4v) is 3.79. The maximum Gasteiger partial charge on any atom is 0.318 e. The first-order chi connectivity index (χ1) is 13.7. The van der Waals surface area contributed by atoms with Crippen LogP contribution < -0.4 is 14.8 Å². The molecule has 0 saturated carbocycles. The molecule has 1 aliphatic rings. The number of hydrogen-bond acceptors (Lipinski definition) is 5. The van der Waals surface area contributed by atoms with Crippen LogP contribution in [0.2, 0.25) is 0 Å². The van der Waals surface area contributed by atoms with E-state index in [2.05, 4.69) is 5.32 Å². The lowest BCUT2D eigenvalue weighted by Crippen LogP contribution is -2.40. The summed E-state index contributed by atoms with van der Waals surface area (Å²) in [6, 6.07) is 13.2. The first kappa shape index (κ1) is 18.4. The molecule has 28 heavy (non-hydrogen) atoms. The molecular weight excluding hydrogens is 376 g/mol. The molecule has 1 N–H and O–H groups in total. The van der Waals surface area contributed by atoms with Crippen LogP contribution in [0, 0.1) is 0 Å². The average Bonchev–Trinajstić information content (AvgIpc) is 3.41. The third kappa shape index (κ3) is 4.31. The van der Waals surface area contributed by atoms with Crippen molar-refractivity contribution in [1.82, 2.24) is 10.2 Å². The van der Waals surface area contributed by atoms with Crippen LogP contribution in [0.1, 0.15) is 29.2 Å². The Morgan fingerprint density at radius 2 is 2.00 bits per heavy atom. The Morgan fingerprint density at radius 3 is 2.75 bits per heavy atom. The second-order valence-corrected chi connectivity index (χ2v) is 7.62. The summed E-state index contributed by atoms with van der Waals surface area (Å²) in [5, 5.41) is 5.09. The molecule has 4 rings (SSSR count). The molecule has 0 radical (unpaired) electrons. The second-order valence-electron chi connectivity index (χ2n) is 6.59. The zero-order chi connectivity index (χ0) is 19.3. The highest BCUT2D eigenvalue weighted by Crippen LogP contribution is 2.32. The molecule has 2 amide bonds. The lowest BCUT2D eigenvalue weighted by molar-refractivity contribution is 0.171. The van der Waals surface area contributed by atoms with Crippen LogP contribution in [-0.4, -0.2) is 24.1 Å². The number of ether oxygens (including phenoxy) is 2. The number of nitrogens with zero attached hydrogens (tertiary/aromatic N) is 1. The van der Waals surface area contributed by atoms with Crippen molar-refractivity contribution in [2.24, 2.45) is 0 Å². The first-order valence-electron chi connectivity index (χ1n) is 9.19. The lowest BCUT2D eigenvalue weighted by atomic mass is 10.1. The number of carbonyl (C=O) groups is 1. The third-order valence-electron chi connectivity index (χ3n) is 4.55. The maximum absolute atomic E-state index is 13.0. The molecule has 0 spiro atoms. The minimum atomic E-state index is -0.175. The molecule has 146 valence electrons. The van der Waals surface area contributed by atoms with E-state index in [1.54, 1.807) is 22.5 Å². The lowest BCUT2D eigenvalue weighted by Gasteiger charge is -2.25. The van der Waals surface area contributed by atoms with Crippen LogP contribution in [0.4, 0.5) is 4.79 Å². The third-order valence-corrected chi connectivity index (χ3v) is 5.41. The van der Waals surface area contributed by atoms with Crippen molar-refractivity contribution in [3.63, 3.8) is 0 Å². The van der Waals surface area contributed by atoms with Crippen LogP contribution in [-0.2, 0) is 13.1 Å². The summed E-state index contributed by atoms with van der Waals surface area (Å²) < 4.78 is 16.6. The Morgan fingerprint density at radius 1 is 1.14 bits per heavy atom. The predicted molar refractivity (Wildman–Crippen MR) is 107 cm³/mol. The van der Waals surface area contributed by atoms with Gasteiger partial charge in [-0.15, -0.1) is 11.3 Å². The van der Waals surface area contributed by atoms with Gasteiger partial charge < -0.3 is 24.1 Å². The number of urea groups is 1. The van der Waals surface area contributed by atoms with Crippen molar-refractivity contribution in [2.45, 2.75) is 26.1 Å². The number of benzene rings is 1. The normalized spacial score (nSPS) is 13.8. The number of nitrogens with one attached hydrogen (secondary N) is 1. The fraction of sp³-hybridized carbons (Fsp3) is 0.286. The van der Waals surface area contributed by atoms with Crippen LogP contribution >= 0.6 is 11.3 Å². The quantitative estimate of drug-likeness (QED) is 0.660. The summed E-state index contributed by atoms with van der Waals surface area (Å²) in [4.78, 5) is 15.9. The van der Waals surface area contributed by atoms with Gasteiger partial charge in [0.1, 0.15) is 19.0 Å². The molecule has 1 unspecified atom stereocenters. The topological polar surface area (TPSA) is 63.9 Å². The van der Waals surface area contributed by atoms with Gasteiger partial charge in [0.15, 0.2) is 11.5 Å². The molecule has 0 bridgehead atoms. The molecule has 2 aromatic heterocycles. The minimum absolute atomic E-state index is 0.146. The smallest absolute Gasteiger partial charge is 0.318 e. The Bertz CT molecular complexity index is 872. The molecule has 1 atom stereocenters. The highest BCUT2D eigenvalue weighted by atomic mass is 32.1. The number of fused-ring (bicyclic) bond motifs is 1. The van der Waals surface area contributed by atoms with Gasteiger partial charge in [-0.1, -0.05) is 12.1 Å². The van der Waals surface area contributed by atoms with E-state index in [9.17, 15) is 4.79 Å². The van der Waals surface area contributed by atoms with Gasteiger partial charge in [0.05, 0.1) is 25.4 Å². The van der Waals surface area contributed by atoms with Crippen LogP contribution in [0.5, 0.6) is 11.5 Å². The minimum Gasteiger partial charge on any atom is -0.486 e. The summed E-state index contributed by atoms with van der Waals surface area (Å²) in [6.45, 7) is 3.99. The van der Waals surface area contributed by atoms with Crippen molar-refractivity contribution in [3.05, 3.63) is 70.3 Å². The van der Waals surface area contributed by atoms with E-state index in [1.165, 1.54) is 0 Å². The number of rotatable bonds is 6. The SMILES string of the molecule is CC(NC(=O)N(Cc1ccco1)Cc1cccs1)c1ccc2c(c1)OCCO2. The zero-order valence-electron chi connectivity index (χ0n) is 15.6. The van der Waals surface area contributed by atoms with Gasteiger partial charge in [0.2, 0.25) is 0 Å². The molecule has 6 nitrogen and oxygen atoms in total. The highest BCUT2D eigenvalue weighted by Gasteiger charge is 2.20. The van der Waals surface area contributed by atoms with Gasteiger partial charge in [0, 0.05) is 4.88 Å². The van der Waals surface area contributed by atoms with Gasteiger partial charge in [-0.3, -0.25) is 0 Å². The number of hydrogen-bond donors (Lipinski definition) is 1. The Balaban J connectivity index is 1.46. The van der Waals surface area contributed by atoms with E-state index in [4.69, 9.17) is 13.9 Å². The van der Waals surface area contributed by atoms with Crippen LogP contribution in [0.15, 0.2) is 58.5 Å². The fourth-order valence-electron chi connectivity index (χ4n) is 3.07. The molecule has 1 aliphatic heterocycles. The standard InChI is InChI=1S/C21H22N2O4S/c1-15(16-6-7-19-20(12-16)27-10-9-26-19)22-21(24)23(13-17-4-2-8-25-17)14-18-5-3-11-28-18/h2-8,11-12,15H,9-10,13-14H2,1H3,(H,22,24). The van der Waals surface area contributed by atoms with Crippen molar-refractivity contribution < 1.29 is 18.7 Å². The van der Waals surface area contributed by atoms with E-state index in [1.807, 2.05) is 54.8 Å². The summed E-state index contributed by atoms with van der Waals surface area (Å²) >= 11 is 1.63. The number of carbonyl (C=O) groups excluding carboxylic acids is 1. The molecule has 0 fully saturated rings. The van der Waals surface area contributed by atoms with Gasteiger partial charge in [-0.2, -0.15) is 0 Å². The Labute approximate surface area is 167 Å². The van der Waals surface area contributed by atoms with Crippen LogP contribution in [0.25, 0.3) is 0 Å². The van der Waals surface area contributed by atoms with E-state index in [0.717, 1.165) is 27.7 Å². The van der Waals surface area contributed by atoms with Gasteiger partial charge in [-0.05, 0) is 48.2 Å². The number of furan rings is 1. The summed E-state index contributed by atoms with van der Waals surface area (Å²) in [7, 11) is 0. The molecule has 3 heterocycles. The largest absolute Gasteiger partial charge is 0.486 e. The molecule has 3 aromatic rings. The molecule has 7 heteroatoms. The van der Waals surface area contributed by atoms with Gasteiger partial charge >= 0.3 is 6.03 Å². The Kier molecular flexibility index (Phi) is 5.53. The van der Waals surface area contributed by atoms with Crippen molar-refractivity contribution in [2.75, 3.05) is 13.2 Å². The number of amides is 2. The molecular formula is C21H22N2O4S. The first-order valence-corrected chi connectivity index (χ1v) is 10.1. The summed E-state index contributed by atoms with van der Waals surface area (Å²) in [5.41, 5.74) is 0.965. The summed E-state index contributed by atoms with van der Waals surface area (Å²) in [5.74, 6) is 2.21. The second kappa shape index (κ2) is 8.39. The molecule has 0 saturated heterocycles. The van der Waals surface area contributed by atoms with E-state index < -0.39 is 0 Å². The van der Waals surface area contributed by atoms with Gasteiger partial charge in [-0.25, -0.2) is 4.79 Å². The van der Waals surface area contributed by atoms with Crippen molar-refractivity contribution in [1.29, 1.82) is 0 Å². The van der Waals surface area contributed by atoms with Gasteiger partial charge in [0.25, 0.3) is 0 Å². The summed E-state index contributed by atoms with van der Waals surface area (Å²) in [6.07, 6.45) is 1.62. The van der Waals surface area contributed by atoms with E-state index in [-0.39, 0.29) is 12.1 Å². The predicted octanol–water partition coefficient (Wildman–Crippen LogP) is 4.59. The maximum atomic E-state index is 13.0. The molecule has 1 aromatic carbocycles. The average molecular weight is 398 g/mol. The van der Waals surface area contributed by atoms with E-state index >= 15 is 0 Å². The highest BCUT2D eigenvalue weighted by molar-refractivity contribution is 7.09. The van der Waals surface area contributed by atoms with Crippen molar-refractivity contribution in [3.8, 4) is 11.5 Å². The Hall–Kier alpha value is -2.93. The monoisotopic (exact) mass is 398 g/mol. The number of thiophene rings is 1. The molecule has 0 aliphatic carbocycles. The van der Waals surface area contributed by atoms with E-state index in [0.29, 0.717) is 26.3 Å². The zero-order valence-corrected chi connectivity index (χ0v) is 16.4. The van der Waals surface area contributed by atoms with Crippen molar-refractivity contribution >= 4 is 17.4 Å².